The van der Waals surface area contributed by atoms with E-state index in [9.17, 15) is 14.0 Å². The Morgan fingerprint density at radius 3 is 2.27 bits per heavy atom. The Morgan fingerprint density at radius 2 is 1.76 bits per heavy atom. The first-order valence-corrected chi connectivity index (χ1v) is 12.2. The molecule has 0 spiro atoms. The van der Waals surface area contributed by atoms with E-state index in [1.165, 1.54) is 12.1 Å². The molecule has 37 heavy (non-hydrogen) atoms. The fraction of sp³-hybridized carbons (Fsp3) is 0.300. The average molecular weight is 506 g/mol. The first-order chi connectivity index (χ1) is 17.6. The maximum atomic E-state index is 12.2. The van der Waals surface area contributed by atoms with E-state index in [0.717, 1.165) is 36.2 Å². The molecule has 2 N–H and O–H groups in total. The number of hydrogen-bond donors (Lipinski definition) is 1. The molecule has 7 heteroatoms. The van der Waals surface area contributed by atoms with E-state index in [2.05, 4.69) is 11.9 Å². The SMILES string of the molecule is C/C=C/C(=O)N1CCC(C)C1.Cc1ccc(Oc2ncc(C)cc2C(N)=O)cc1.Cc1cccc(F)c1. The Kier molecular flexibility index (Phi) is 11.5. The van der Waals surface area contributed by atoms with E-state index >= 15 is 0 Å². The minimum atomic E-state index is -0.548. The van der Waals surface area contributed by atoms with Gasteiger partial charge in [0.1, 0.15) is 17.1 Å². The van der Waals surface area contributed by atoms with Crippen LogP contribution in [0.15, 0.2) is 72.9 Å². The van der Waals surface area contributed by atoms with Gasteiger partial charge in [-0.3, -0.25) is 9.59 Å². The Morgan fingerprint density at radius 1 is 1.05 bits per heavy atom. The lowest BCUT2D eigenvalue weighted by atomic mass is 10.2. The van der Waals surface area contributed by atoms with Crippen LogP contribution in [-0.4, -0.2) is 34.8 Å². The monoisotopic (exact) mass is 505 g/mol. The normalized spacial score (nSPS) is 14.3. The van der Waals surface area contributed by atoms with Gasteiger partial charge in [0, 0.05) is 19.3 Å². The lowest BCUT2D eigenvalue weighted by Crippen LogP contribution is -2.26. The highest BCUT2D eigenvalue weighted by molar-refractivity contribution is 5.95. The number of benzene rings is 2. The first-order valence-electron chi connectivity index (χ1n) is 12.2. The van der Waals surface area contributed by atoms with Crippen LogP contribution in [0.25, 0.3) is 0 Å². The van der Waals surface area contributed by atoms with Crippen LogP contribution in [-0.2, 0) is 4.79 Å². The zero-order valence-electron chi connectivity index (χ0n) is 22.2. The van der Waals surface area contributed by atoms with Crippen molar-refractivity contribution in [1.82, 2.24) is 9.88 Å². The predicted octanol–water partition coefficient (Wildman–Crippen LogP) is 6.15. The summed E-state index contributed by atoms with van der Waals surface area (Å²) in [7, 11) is 0. The number of nitrogens with two attached hydrogens (primary N) is 1. The first kappa shape index (κ1) is 29.2. The molecule has 0 aliphatic carbocycles. The van der Waals surface area contributed by atoms with Gasteiger partial charge in [0.25, 0.3) is 5.91 Å². The second-order valence-electron chi connectivity index (χ2n) is 9.12. The Hall–Kier alpha value is -4.00. The summed E-state index contributed by atoms with van der Waals surface area (Å²) < 4.78 is 17.7. The van der Waals surface area contributed by atoms with Crippen LogP contribution in [0.1, 0.15) is 47.3 Å². The van der Waals surface area contributed by atoms with E-state index in [1.54, 1.807) is 30.5 Å². The number of ether oxygens (including phenoxy) is 1. The van der Waals surface area contributed by atoms with Gasteiger partial charge in [-0.1, -0.05) is 42.8 Å². The summed E-state index contributed by atoms with van der Waals surface area (Å²) >= 11 is 0. The van der Waals surface area contributed by atoms with Gasteiger partial charge >= 0.3 is 0 Å². The Bertz CT molecular complexity index is 1190. The fourth-order valence-electron chi connectivity index (χ4n) is 3.52. The summed E-state index contributed by atoms with van der Waals surface area (Å²) in [5, 5.41) is 0. The number of nitrogens with zero attached hydrogens (tertiary/aromatic N) is 2. The number of aromatic nitrogens is 1. The van der Waals surface area contributed by atoms with Crippen molar-refractivity contribution in [1.29, 1.82) is 0 Å². The number of carbonyl (C=O) groups is 2. The van der Waals surface area contributed by atoms with E-state index in [0.29, 0.717) is 11.7 Å². The van der Waals surface area contributed by atoms with Gasteiger partial charge in [-0.05, 0) is 87.6 Å². The molecule has 1 atom stereocenters. The average Bonchev–Trinajstić information content (AvgIpc) is 3.29. The molecular weight excluding hydrogens is 469 g/mol. The number of primary amides is 1. The summed E-state index contributed by atoms with van der Waals surface area (Å²) in [4.78, 5) is 28.6. The summed E-state index contributed by atoms with van der Waals surface area (Å²) in [5.41, 5.74) is 8.55. The number of rotatable bonds is 4. The Labute approximate surface area is 219 Å². The third kappa shape index (κ3) is 10.3. The summed E-state index contributed by atoms with van der Waals surface area (Å²) in [6.45, 7) is 11.6. The molecule has 6 nitrogen and oxygen atoms in total. The van der Waals surface area contributed by atoms with Crippen LogP contribution in [0.5, 0.6) is 11.6 Å². The Balaban J connectivity index is 0.000000215. The van der Waals surface area contributed by atoms with Gasteiger partial charge in [-0.15, -0.1) is 0 Å². The van der Waals surface area contributed by atoms with Gasteiger partial charge in [0.15, 0.2) is 0 Å². The maximum absolute atomic E-state index is 12.2. The van der Waals surface area contributed by atoms with Crippen molar-refractivity contribution >= 4 is 11.8 Å². The second-order valence-corrected chi connectivity index (χ2v) is 9.12. The summed E-state index contributed by atoms with van der Waals surface area (Å²) in [6.07, 6.45) is 6.22. The molecule has 4 rings (SSSR count). The number of aryl methyl sites for hydroxylation is 3. The van der Waals surface area contributed by atoms with Crippen molar-refractivity contribution in [3.63, 3.8) is 0 Å². The highest BCUT2D eigenvalue weighted by Crippen LogP contribution is 2.23. The van der Waals surface area contributed by atoms with E-state index in [4.69, 9.17) is 10.5 Å². The quantitative estimate of drug-likeness (QED) is 0.431. The van der Waals surface area contributed by atoms with Crippen LogP contribution < -0.4 is 10.5 Å². The fourth-order valence-corrected chi connectivity index (χ4v) is 3.52. The molecule has 2 aromatic carbocycles. The third-order valence-electron chi connectivity index (χ3n) is 5.51. The van der Waals surface area contributed by atoms with Crippen LogP contribution in [0.4, 0.5) is 4.39 Å². The van der Waals surface area contributed by atoms with Crippen LogP contribution in [0.3, 0.4) is 0 Å². The minimum absolute atomic E-state index is 0.162. The number of carbonyl (C=O) groups excluding carboxylic acids is 2. The molecule has 1 aliphatic heterocycles. The maximum Gasteiger partial charge on any atom is 0.254 e. The smallest absolute Gasteiger partial charge is 0.254 e. The topological polar surface area (TPSA) is 85.5 Å². The lowest BCUT2D eigenvalue weighted by molar-refractivity contribution is -0.125. The molecule has 3 aromatic rings. The van der Waals surface area contributed by atoms with Crippen LogP contribution in [0, 0.1) is 32.5 Å². The van der Waals surface area contributed by atoms with Crippen molar-refractivity contribution in [2.24, 2.45) is 11.7 Å². The highest BCUT2D eigenvalue weighted by atomic mass is 19.1. The highest BCUT2D eigenvalue weighted by Gasteiger charge is 2.20. The van der Waals surface area contributed by atoms with Crippen molar-refractivity contribution in [2.45, 2.75) is 41.0 Å². The second kappa shape index (κ2) is 14.5. The predicted molar refractivity (Wildman–Crippen MR) is 145 cm³/mol. The minimum Gasteiger partial charge on any atom is -0.438 e. The van der Waals surface area contributed by atoms with Crippen LogP contribution >= 0.6 is 0 Å². The van der Waals surface area contributed by atoms with Gasteiger partial charge in [0.05, 0.1) is 0 Å². The number of halogens is 1. The molecule has 1 aromatic heterocycles. The van der Waals surface area contributed by atoms with Crippen molar-refractivity contribution in [3.05, 3.63) is 101 Å². The number of allylic oxidation sites excluding steroid dienone is 1. The number of likely N-dealkylation sites (tertiary alicyclic amines) is 1. The van der Waals surface area contributed by atoms with Gasteiger partial charge < -0.3 is 15.4 Å². The number of amides is 2. The van der Waals surface area contributed by atoms with E-state index in [-0.39, 0.29) is 23.2 Å². The van der Waals surface area contributed by atoms with E-state index in [1.807, 2.05) is 62.9 Å². The molecule has 196 valence electrons. The summed E-state index contributed by atoms with van der Waals surface area (Å²) in [6, 6.07) is 15.7. The van der Waals surface area contributed by atoms with Gasteiger partial charge in [-0.25, -0.2) is 9.37 Å². The molecule has 2 heterocycles. The van der Waals surface area contributed by atoms with Gasteiger partial charge in [0.2, 0.25) is 11.8 Å². The van der Waals surface area contributed by atoms with Crippen molar-refractivity contribution in [3.8, 4) is 11.6 Å². The molecule has 0 saturated carbocycles. The standard InChI is InChI=1S/C14H14N2O2.C9H15NO.C7H7F/c1-9-3-5-11(6-4-9)18-14-12(13(15)17)7-10(2)8-16-14;1-3-4-9(11)10-6-5-8(2)7-10;1-6-3-2-4-7(8)5-6/h3-8H,1-2H3,(H2,15,17);3-4,8H,5-7H2,1-2H3;2-5H,1H3/b;4-3+;. The van der Waals surface area contributed by atoms with Crippen LogP contribution in [0.2, 0.25) is 0 Å². The molecule has 2 amide bonds. The molecule has 1 unspecified atom stereocenters. The number of hydrogen-bond acceptors (Lipinski definition) is 4. The zero-order chi connectivity index (χ0) is 27.4. The largest absolute Gasteiger partial charge is 0.438 e. The van der Waals surface area contributed by atoms with Crippen molar-refractivity contribution < 1.29 is 18.7 Å². The van der Waals surface area contributed by atoms with Crippen molar-refractivity contribution in [2.75, 3.05) is 13.1 Å². The molecule has 1 saturated heterocycles. The zero-order valence-corrected chi connectivity index (χ0v) is 22.2. The molecule has 0 radical (unpaired) electrons. The summed E-state index contributed by atoms with van der Waals surface area (Å²) in [5.74, 6) is 0.996. The van der Waals surface area contributed by atoms with Gasteiger partial charge in [-0.2, -0.15) is 0 Å². The number of pyridine rings is 1. The molecule has 1 fully saturated rings. The molecule has 0 bridgehead atoms. The third-order valence-corrected chi connectivity index (χ3v) is 5.51. The molecule has 1 aliphatic rings. The molecular formula is C30H36FN3O3. The lowest BCUT2D eigenvalue weighted by Gasteiger charge is -2.12. The van der Waals surface area contributed by atoms with E-state index < -0.39 is 5.91 Å².